The first-order valence-electron chi connectivity index (χ1n) is 7.51. The molecule has 1 unspecified atom stereocenters. The Morgan fingerprint density at radius 2 is 1.92 bits per heavy atom. The third kappa shape index (κ3) is 4.56. The quantitative estimate of drug-likeness (QED) is 0.771. The standard InChI is InChI=1S/C18H19Cl2NO3/c1-4-16(24-13-6-7-14(19)11(2)9-13)18(22)21-12-5-8-17(23-3)15(20)10-12/h5-10,16H,4H2,1-3H3,(H,21,22). The first kappa shape index (κ1) is 18.4. The van der Waals surface area contributed by atoms with Crippen molar-refractivity contribution in [2.75, 3.05) is 12.4 Å². The van der Waals surface area contributed by atoms with E-state index in [1.165, 1.54) is 7.11 Å². The molecule has 1 amide bonds. The topological polar surface area (TPSA) is 47.6 Å². The van der Waals surface area contributed by atoms with Crippen molar-refractivity contribution in [3.8, 4) is 11.5 Å². The zero-order chi connectivity index (χ0) is 17.7. The van der Waals surface area contributed by atoms with E-state index in [-0.39, 0.29) is 5.91 Å². The fraction of sp³-hybridized carbons (Fsp3) is 0.278. The molecule has 0 aliphatic heterocycles. The monoisotopic (exact) mass is 367 g/mol. The maximum absolute atomic E-state index is 12.4. The maximum atomic E-state index is 12.4. The first-order chi connectivity index (χ1) is 11.4. The fourth-order valence-corrected chi connectivity index (χ4v) is 2.52. The Labute approximate surface area is 151 Å². The van der Waals surface area contributed by atoms with Gasteiger partial charge in [-0.05, 0) is 55.3 Å². The summed E-state index contributed by atoms with van der Waals surface area (Å²) in [4.78, 5) is 12.4. The van der Waals surface area contributed by atoms with Crippen LogP contribution in [0.25, 0.3) is 0 Å². The second-order valence-electron chi connectivity index (χ2n) is 5.26. The summed E-state index contributed by atoms with van der Waals surface area (Å²) in [6, 6.07) is 10.4. The normalized spacial score (nSPS) is 11.7. The van der Waals surface area contributed by atoms with Gasteiger partial charge in [0.05, 0.1) is 12.1 Å². The highest BCUT2D eigenvalue weighted by Gasteiger charge is 2.19. The number of rotatable bonds is 6. The van der Waals surface area contributed by atoms with Gasteiger partial charge in [-0.1, -0.05) is 30.1 Å². The van der Waals surface area contributed by atoms with E-state index in [1.54, 1.807) is 30.3 Å². The smallest absolute Gasteiger partial charge is 0.265 e. The molecule has 2 aromatic carbocycles. The van der Waals surface area contributed by atoms with Crippen LogP contribution in [-0.4, -0.2) is 19.1 Å². The molecule has 0 radical (unpaired) electrons. The fourth-order valence-electron chi connectivity index (χ4n) is 2.14. The predicted octanol–water partition coefficient (Wildman–Crippen LogP) is 5.11. The molecule has 0 aromatic heterocycles. The number of nitrogens with one attached hydrogen (secondary N) is 1. The molecule has 0 saturated carbocycles. The minimum atomic E-state index is -0.619. The summed E-state index contributed by atoms with van der Waals surface area (Å²) in [7, 11) is 1.54. The van der Waals surface area contributed by atoms with Gasteiger partial charge in [0.2, 0.25) is 0 Å². The van der Waals surface area contributed by atoms with E-state index >= 15 is 0 Å². The van der Waals surface area contributed by atoms with Crippen molar-refractivity contribution >= 4 is 34.8 Å². The lowest BCUT2D eigenvalue weighted by Gasteiger charge is -2.18. The molecule has 1 N–H and O–H groups in total. The van der Waals surface area contributed by atoms with Crippen LogP contribution in [0.15, 0.2) is 36.4 Å². The number of hydrogen-bond donors (Lipinski definition) is 1. The van der Waals surface area contributed by atoms with E-state index in [1.807, 2.05) is 19.9 Å². The summed E-state index contributed by atoms with van der Waals surface area (Å²) in [6.45, 7) is 3.77. The summed E-state index contributed by atoms with van der Waals surface area (Å²) >= 11 is 12.1. The predicted molar refractivity (Wildman–Crippen MR) is 97.5 cm³/mol. The number of ether oxygens (including phenoxy) is 2. The molecule has 0 bridgehead atoms. The Kier molecular flexibility index (Phi) is 6.35. The SMILES string of the molecule is CCC(Oc1ccc(Cl)c(C)c1)C(=O)Nc1ccc(OC)c(Cl)c1. The summed E-state index contributed by atoms with van der Waals surface area (Å²) in [6.07, 6.45) is -0.0938. The average Bonchev–Trinajstić information content (AvgIpc) is 2.56. The van der Waals surface area contributed by atoms with Crippen LogP contribution in [0.2, 0.25) is 10.0 Å². The molecule has 2 aromatic rings. The third-order valence-corrected chi connectivity index (χ3v) is 4.21. The Balaban J connectivity index is 2.08. The number of methoxy groups -OCH3 is 1. The van der Waals surface area contributed by atoms with Gasteiger partial charge in [-0.2, -0.15) is 0 Å². The molecule has 24 heavy (non-hydrogen) atoms. The van der Waals surface area contributed by atoms with Crippen molar-refractivity contribution in [1.82, 2.24) is 0 Å². The highest BCUT2D eigenvalue weighted by Crippen LogP contribution is 2.27. The summed E-state index contributed by atoms with van der Waals surface area (Å²) < 4.78 is 10.9. The van der Waals surface area contributed by atoms with Crippen LogP contribution in [0.5, 0.6) is 11.5 Å². The first-order valence-corrected chi connectivity index (χ1v) is 8.27. The van der Waals surface area contributed by atoms with Gasteiger partial charge in [0.25, 0.3) is 5.91 Å². The number of halogens is 2. The van der Waals surface area contributed by atoms with Gasteiger partial charge in [-0.3, -0.25) is 4.79 Å². The molecule has 4 nitrogen and oxygen atoms in total. The molecular formula is C18H19Cl2NO3. The zero-order valence-corrected chi connectivity index (χ0v) is 15.2. The lowest BCUT2D eigenvalue weighted by molar-refractivity contribution is -0.122. The lowest BCUT2D eigenvalue weighted by Crippen LogP contribution is -2.32. The van der Waals surface area contributed by atoms with Crippen molar-refractivity contribution in [3.63, 3.8) is 0 Å². The second-order valence-corrected chi connectivity index (χ2v) is 6.08. The van der Waals surface area contributed by atoms with Gasteiger partial charge in [0.1, 0.15) is 11.5 Å². The highest BCUT2D eigenvalue weighted by molar-refractivity contribution is 6.32. The summed E-state index contributed by atoms with van der Waals surface area (Å²) in [5, 5.41) is 3.89. The average molecular weight is 368 g/mol. The number of hydrogen-bond acceptors (Lipinski definition) is 3. The minimum absolute atomic E-state index is 0.244. The van der Waals surface area contributed by atoms with Gasteiger partial charge in [-0.25, -0.2) is 0 Å². The molecule has 0 saturated heterocycles. The van der Waals surface area contributed by atoms with Crippen molar-refractivity contribution in [2.24, 2.45) is 0 Å². The third-order valence-electron chi connectivity index (χ3n) is 3.49. The maximum Gasteiger partial charge on any atom is 0.265 e. The van der Waals surface area contributed by atoms with Crippen molar-refractivity contribution < 1.29 is 14.3 Å². The molecular weight excluding hydrogens is 349 g/mol. The number of carbonyl (C=O) groups excluding carboxylic acids is 1. The minimum Gasteiger partial charge on any atom is -0.495 e. The van der Waals surface area contributed by atoms with E-state index in [2.05, 4.69) is 5.32 Å². The molecule has 6 heteroatoms. The van der Waals surface area contributed by atoms with Crippen molar-refractivity contribution in [3.05, 3.63) is 52.0 Å². The van der Waals surface area contributed by atoms with Crippen LogP contribution in [-0.2, 0) is 4.79 Å². The molecule has 2 rings (SSSR count). The van der Waals surface area contributed by atoms with Crippen LogP contribution >= 0.6 is 23.2 Å². The van der Waals surface area contributed by atoms with E-state index in [9.17, 15) is 4.79 Å². The molecule has 0 heterocycles. The Morgan fingerprint density at radius 3 is 2.50 bits per heavy atom. The van der Waals surface area contributed by atoms with Crippen LogP contribution in [0.4, 0.5) is 5.69 Å². The zero-order valence-electron chi connectivity index (χ0n) is 13.7. The van der Waals surface area contributed by atoms with Gasteiger partial charge in [0, 0.05) is 10.7 Å². The van der Waals surface area contributed by atoms with Crippen LogP contribution in [0.1, 0.15) is 18.9 Å². The number of aryl methyl sites for hydroxylation is 1. The van der Waals surface area contributed by atoms with E-state index in [4.69, 9.17) is 32.7 Å². The molecule has 128 valence electrons. The van der Waals surface area contributed by atoms with Crippen molar-refractivity contribution in [1.29, 1.82) is 0 Å². The van der Waals surface area contributed by atoms with Crippen LogP contribution in [0, 0.1) is 6.92 Å². The van der Waals surface area contributed by atoms with E-state index in [0.29, 0.717) is 33.7 Å². The van der Waals surface area contributed by atoms with Gasteiger partial charge in [-0.15, -0.1) is 0 Å². The highest BCUT2D eigenvalue weighted by atomic mass is 35.5. The summed E-state index contributed by atoms with van der Waals surface area (Å²) in [5.41, 5.74) is 1.48. The van der Waals surface area contributed by atoms with Crippen LogP contribution in [0.3, 0.4) is 0 Å². The van der Waals surface area contributed by atoms with Gasteiger partial charge < -0.3 is 14.8 Å². The number of carbonyl (C=O) groups is 1. The number of amides is 1. The van der Waals surface area contributed by atoms with E-state index in [0.717, 1.165) is 5.56 Å². The lowest BCUT2D eigenvalue weighted by atomic mass is 10.2. The van der Waals surface area contributed by atoms with Crippen molar-refractivity contribution in [2.45, 2.75) is 26.4 Å². The van der Waals surface area contributed by atoms with Gasteiger partial charge in [0.15, 0.2) is 6.10 Å². The molecule has 0 spiro atoms. The Morgan fingerprint density at radius 1 is 1.17 bits per heavy atom. The van der Waals surface area contributed by atoms with Gasteiger partial charge >= 0.3 is 0 Å². The second kappa shape index (κ2) is 8.27. The van der Waals surface area contributed by atoms with E-state index < -0.39 is 6.10 Å². The summed E-state index contributed by atoms with van der Waals surface area (Å²) in [5.74, 6) is 0.910. The molecule has 0 aliphatic carbocycles. The molecule has 0 aliphatic rings. The number of anilines is 1. The van der Waals surface area contributed by atoms with Crippen LogP contribution < -0.4 is 14.8 Å². The number of benzene rings is 2. The Hall–Kier alpha value is -1.91. The largest absolute Gasteiger partial charge is 0.495 e. The molecule has 0 fully saturated rings. The molecule has 1 atom stereocenters. The Bertz CT molecular complexity index is 734.